The number of fused-ring (bicyclic) bond motifs is 6. The van der Waals surface area contributed by atoms with Gasteiger partial charge in [0.15, 0.2) is 18.6 Å². The number of para-hydroxylation sites is 1. The molecule has 0 unspecified atom stereocenters. The lowest BCUT2D eigenvalue weighted by atomic mass is 9.62. The quantitative estimate of drug-likeness (QED) is 0.135. The van der Waals surface area contributed by atoms with Gasteiger partial charge in [-0.25, -0.2) is 13.7 Å². The maximum absolute atomic E-state index is 6.82. The van der Waals surface area contributed by atoms with Gasteiger partial charge in [0, 0.05) is 93.3 Å². The summed E-state index contributed by atoms with van der Waals surface area (Å²) in [5.74, 6) is 5.85. The highest BCUT2D eigenvalue weighted by Gasteiger charge is 2.53. The Hall–Kier alpha value is -10.2. The van der Waals surface area contributed by atoms with Crippen molar-refractivity contribution in [1.29, 1.82) is 0 Å². The molecule has 4 aliphatic heterocycles. The molecule has 20 rings (SSSR count). The molecule has 8 aliphatic rings. The van der Waals surface area contributed by atoms with E-state index in [0.29, 0.717) is 0 Å². The molecule has 8 heteroatoms. The molecule has 0 amide bonds. The first-order chi connectivity index (χ1) is 59.3. The summed E-state index contributed by atoms with van der Waals surface area (Å²) in [6, 6.07) is 72.5. The van der Waals surface area contributed by atoms with E-state index >= 15 is 0 Å². The average Bonchev–Trinajstić information content (AvgIpc) is 1.34. The molecule has 8 aromatic carbocycles. The van der Waals surface area contributed by atoms with E-state index in [4.69, 9.17) is 18.9 Å². The van der Waals surface area contributed by atoms with Crippen LogP contribution < -0.4 is 37.2 Å². The summed E-state index contributed by atoms with van der Waals surface area (Å²) in [6.07, 6.45) is 35.4. The van der Waals surface area contributed by atoms with Gasteiger partial charge < -0.3 is 18.9 Å². The second-order valence-electron chi connectivity index (χ2n) is 41.4. The predicted molar refractivity (Wildman–Crippen MR) is 511 cm³/mol. The first-order valence-electron chi connectivity index (χ1n) is 47.3. The zero-order chi connectivity index (χ0) is 87.0. The molecule has 0 atom stereocenters. The third kappa shape index (κ3) is 16.3. The van der Waals surface area contributed by atoms with Gasteiger partial charge in [-0.05, 0) is 243 Å². The number of pyridine rings is 4. The van der Waals surface area contributed by atoms with Gasteiger partial charge >= 0.3 is 0 Å². The van der Waals surface area contributed by atoms with Gasteiger partial charge in [-0.1, -0.05) is 231 Å². The number of benzene rings is 8. The molecular weight excluding hydrogens is 1510 g/mol. The normalized spacial score (nSPS) is 18.9. The molecule has 12 aromatic rings. The molecular formula is C116H138N4O4+4. The van der Waals surface area contributed by atoms with Crippen molar-refractivity contribution in [3.63, 3.8) is 0 Å². The van der Waals surface area contributed by atoms with Crippen molar-refractivity contribution in [3.05, 3.63) is 274 Å². The molecule has 8 nitrogen and oxygen atoms in total. The van der Waals surface area contributed by atoms with Crippen LogP contribution in [0.25, 0.3) is 89.3 Å². The van der Waals surface area contributed by atoms with Crippen molar-refractivity contribution in [3.8, 4) is 101 Å². The summed E-state index contributed by atoms with van der Waals surface area (Å²) in [6.45, 7) is 33.5. The van der Waals surface area contributed by atoms with Crippen LogP contribution in [0.4, 0.5) is 0 Å². The number of hydrogen-bond donors (Lipinski definition) is 0. The molecule has 124 heavy (non-hydrogen) atoms. The van der Waals surface area contributed by atoms with E-state index in [9.17, 15) is 0 Å². The van der Waals surface area contributed by atoms with Crippen LogP contribution in [-0.4, -0.2) is 22.4 Å². The zero-order valence-corrected chi connectivity index (χ0v) is 78.3. The minimum Gasteiger partial charge on any atom is -0.487 e. The van der Waals surface area contributed by atoms with E-state index in [2.05, 4.69) is 363 Å². The van der Waals surface area contributed by atoms with Gasteiger partial charge in [0.1, 0.15) is 73.6 Å². The highest BCUT2D eigenvalue weighted by atomic mass is 16.5. The Morgan fingerprint density at radius 3 is 1.16 bits per heavy atom. The number of ether oxygens (including phenoxy) is 4. The number of aromatic nitrogens is 4. The summed E-state index contributed by atoms with van der Waals surface area (Å²) in [7, 11) is 8.59. The maximum Gasteiger partial charge on any atom is 0.216 e. The fourth-order valence-electron chi connectivity index (χ4n) is 22.5. The first kappa shape index (κ1) is 86.0. The van der Waals surface area contributed by atoms with Crippen LogP contribution in [0, 0.1) is 34.6 Å². The fourth-order valence-corrected chi connectivity index (χ4v) is 22.5. The lowest BCUT2D eigenvalue weighted by molar-refractivity contribution is -0.660. The van der Waals surface area contributed by atoms with Crippen LogP contribution in [-0.2, 0) is 50.9 Å². The Labute approximate surface area is 742 Å². The minimum absolute atomic E-state index is 0.0457. The van der Waals surface area contributed by atoms with Crippen molar-refractivity contribution in [2.45, 2.75) is 296 Å². The molecule has 0 N–H and O–H groups in total. The smallest absolute Gasteiger partial charge is 0.216 e. The molecule has 8 heterocycles. The molecule has 0 radical (unpaired) electrons. The highest BCUT2D eigenvalue weighted by Crippen LogP contribution is 2.58. The lowest BCUT2D eigenvalue weighted by Crippen LogP contribution is -2.45. The second kappa shape index (κ2) is 34.0. The standard InChI is InChI=1S/2C31H38NO.C30H36NO.C24H26NO/c2*1-21-12-17-26-29(33-31(4,5)30(26,2)3)28(21)27-20-25(18-19-32(27)6)24-15-13-23(14-16-24)22-10-8-7-9-11-22;1-21-9-12-23(13-10-21)24-15-18-31(5)26(19-24)27-22(2)11-14-25-28(27)32-29(3,4)20-30(25)16-7-6-8-17-30;1-17-10-11-19-16-24(14-6-3-7-15-24)26-23(19)22(17)21-13-12-18-8-4-5-9-20(18)25(21)2/h2*12-20,22H,7-11H2,1-6H3;9-15,18-19H,6-8,16-17,20H2,1-5H3;4-5,8-13H,3,6-7,14-16H2,1-2H3/q4*+1. The van der Waals surface area contributed by atoms with Gasteiger partial charge in [0.2, 0.25) is 28.3 Å². The topological polar surface area (TPSA) is 52.4 Å². The zero-order valence-electron chi connectivity index (χ0n) is 78.3. The van der Waals surface area contributed by atoms with E-state index in [1.165, 1.54) is 279 Å². The molecule has 4 fully saturated rings. The van der Waals surface area contributed by atoms with E-state index in [-0.39, 0.29) is 38.6 Å². The molecule has 2 spiro atoms. The Kier molecular flexibility index (Phi) is 23.5. The molecule has 0 bridgehead atoms. The lowest BCUT2D eigenvalue weighted by Gasteiger charge is -2.48. The maximum atomic E-state index is 6.82. The largest absolute Gasteiger partial charge is 0.487 e. The SMILES string of the molecule is Cc1ccc(-c2cc[n+](C)c(-c3c(C)ccc4c3OC(C)(C)CC43CCCCC3)c2)cc1.Cc1ccc2c(c1-c1cc(-c3ccc(C4CCCCC4)cc3)cc[n+]1C)OC(C)(C)C2(C)C.Cc1ccc2c(c1-c1cc(-c3ccc(C4CCCCC4)cc3)cc[n+]1C)OC(C)(C)C2(C)C.Cc1ccc2c(c1-c1ccc3ccccc3[n+]1C)OC1(CCCCC1)C2. The van der Waals surface area contributed by atoms with Gasteiger partial charge in [0.05, 0.1) is 22.3 Å². The van der Waals surface area contributed by atoms with Crippen LogP contribution in [0.15, 0.2) is 213 Å². The highest BCUT2D eigenvalue weighted by molar-refractivity contribution is 5.83. The molecule has 4 saturated carbocycles. The third-order valence-electron chi connectivity index (χ3n) is 31.3. The summed E-state index contributed by atoms with van der Waals surface area (Å²) < 4.78 is 35.9. The first-order valence-corrected chi connectivity index (χ1v) is 47.3. The van der Waals surface area contributed by atoms with Crippen molar-refractivity contribution in [2.24, 2.45) is 28.2 Å². The fraction of sp³-hybridized carbons (Fsp3) is 0.431. The van der Waals surface area contributed by atoms with Crippen LogP contribution in [0.2, 0.25) is 0 Å². The van der Waals surface area contributed by atoms with Gasteiger partial charge in [0.25, 0.3) is 0 Å². The molecule has 4 aliphatic carbocycles. The van der Waals surface area contributed by atoms with Crippen molar-refractivity contribution in [2.75, 3.05) is 0 Å². The second-order valence-corrected chi connectivity index (χ2v) is 41.4. The van der Waals surface area contributed by atoms with Gasteiger partial charge in [-0.3, -0.25) is 0 Å². The monoisotopic (exact) mass is 1650 g/mol. The Morgan fingerprint density at radius 2 is 0.710 bits per heavy atom. The van der Waals surface area contributed by atoms with Crippen LogP contribution in [0.1, 0.15) is 277 Å². The van der Waals surface area contributed by atoms with Crippen molar-refractivity contribution in [1.82, 2.24) is 0 Å². The number of hydrogen-bond acceptors (Lipinski definition) is 4. The van der Waals surface area contributed by atoms with Crippen LogP contribution in [0.5, 0.6) is 23.0 Å². The van der Waals surface area contributed by atoms with Crippen LogP contribution in [0.3, 0.4) is 0 Å². The Bertz CT molecular complexity index is 5780. The van der Waals surface area contributed by atoms with E-state index in [1.54, 1.807) is 0 Å². The molecule has 642 valence electrons. The molecule has 4 aromatic heterocycles. The Balaban J connectivity index is 0.000000117. The predicted octanol–water partition coefficient (Wildman–Crippen LogP) is 27.8. The number of nitrogens with zero attached hydrogens (tertiary/aromatic N) is 4. The minimum atomic E-state index is -0.247. The van der Waals surface area contributed by atoms with E-state index in [1.807, 2.05) is 0 Å². The van der Waals surface area contributed by atoms with Crippen LogP contribution >= 0.6 is 0 Å². The number of rotatable bonds is 9. The summed E-state index contributed by atoms with van der Waals surface area (Å²) in [5.41, 5.74) is 33.1. The van der Waals surface area contributed by atoms with Crippen molar-refractivity contribution >= 4 is 10.9 Å². The van der Waals surface area contributed by atoms with E-state index < -0.39 is 0 Å². The van der Waals surface area contributed by atoms with Crippen molar-refractivity contribution < 1.29 is 37.2 Å². The Morgan fingerprint density at radius 1 is 0.323 bits per heavy atom. The molecule has 0 saturated heterocycles. The van der Waals surface area contributed by atoms with Gasteiger partial charge in [-0.15, -0.1) is 0 Å². The van der Waals surface area contributed by atoms with Gasteiger partial charge in [-0.2, -0.15) is 4.57 Å². The third-order valence-corrected chi connectivity index (χ3v) is 31.3. The summed E-state index contributed by atoms with van der Waals surface area (Å²) >= 11 is 0. The number of aryl methyl sites for hydroxylation is 9. The summed E-state index contributed by atoms with van der Waals surface area (Å²) in [5, 5.41) is 1.27. The average molecular weight is 1650 g/mol. The summed E-state index contributed by atoms with van der Waals surface area (Å²) in [4.78, 5) is 0. The van der Waals surface area contributed by atoms with E-state index in [0.717, 1.165) is 47.7 Å².